The van der Waals surface area contributed by atoms with Gasteiger partial charge in [0.1, 0.15) is 5.82 Å². The number of nitrogens with one attached hydrogen (secondary N) is 2. The van der Waals surface area contributed by atoms with Gasteiger partial charge in [-0.2, -0.15) is 0 Å². The first-order valence-corrected chi connectivity index (χ1v) is 7.15. The second kappa shape index (κ2) is 5.71. The quantitative estimate of drug-likeness (QED) is 0.873. The van der Waals surface area contributed by atoms with Gasteiger partial charge < -0.3 is 10.6 Å². The number of anilines is 2. The molecule has 0 saturated carbocycles. The second-order valence-corrected chi connectivity index (χ2v) is 5.43. The number of benzene rings is 2. The molecule has 0 spiro atoms. The maximum Gasteiger partial charge on any atom is 0.126 e. The van der Waals surface area contributed by atoms with Crippen molar-refractivity contribution >= 4 is 23.0 Å². The highest BCUT2D eigenvalue weighted by Gasteiger charge is 2.12. The molecule has 2 aromatic carbocycles. The molecule has 0 bridgehead atoms. The molecule has 4 heteroatoms. The summed E-state index contributed by atoms with van der Waals surface area (Å²) < 4.78 is 13.3. The highest BCUT2D eigenvalue weighted by molar-refractivity contribution is 6.30. The van der Waals surface area contributed by atoms with Gasteiger partial charge in [0.2, 0.25) is 0 Å². The summed E-state index contributed by atoms with van der Waals surface area (Å²) in [6.45, 7) is 1.66. The van der Waals surface area contributed by atoms with Crippen molar-refractivity contribution in [1.82, 2.24) is 0 Å². The first kappa shape index (κ1) is 13.3. The van der Waals surface area contributed by atoms with Crippen LogP contribution >= 0.6 is 11.6 Å². The second-order valence-electron chi connectivity index (χ2n) is 4.99. The number of hydrogen-bond acceptors (Lipinski definition) is 2. The molecule has 1 aliphatic rings. The Morgan fingerprint density at radius 3 is 3.00 bits per heavy atom. The van der Waals surface area contributed by atoms with Crippen molar-refractivity contribution in [1.29, 1.82) is 0 Å². The van der Waals surface area contributed by atoms with Crippen LogP contribution in [0, 0.1) is 5.82 Å². The van der Waals surface area contributed by atoms with E-state index in [4.69, 9.17) is 11.6 Å². The van der Waals surface area contributed by atoms with Crippen LogP contribution in [0.15, 0.2) is 36.4 Å². The highest BCUT2D eigenvalue weighted by Crippen LogP contribution is 2.27. The van der Waals surface area contributed by atoms with Crippen molar-refractivity contribution in [3.63, 3.8) is 0 Å². The number of fused-ring (bicyclic) bond motifs is 1. The first-order chi connectivity index (χ1) is 9.72. The average molecular weight is 291 g/mol. The van der Waals surface area contributed by atoms with E-state index in [-0.39, 0.29) is 5.82 Å². The number of para-hydroxylation sites is 1. The Bertz CT molecular complexity index is 608. The number of aryl methyl sites for hydroxylation is 1. The van der Waals surface area contributed by atoms with Crippen molar-refractivity contribution in [2.75, 3.05) is 17.2 Å². The van der Waals surface area contributed by atoms with E-state index in [9.17, 15) is 4.39 Å². The fourth-order valence-corrected chi connectivity index (χ4v) is 2.80. The third-order valence-electron chi connectivity index (χ3n) is 3.51. The van der Waals surface area contributed by atoms with Crippen LogP contribution in [0.2, 0.25) is 5.02 Å². The lowest BCUT2D eigenvalue weighted by molar-refractivity contribution is 0.628. The molecular formula is C16H16ClFN2. The molecule has 0 aliphatic carbocycles. The number of rotatable bonds is 3. The van der Waals surface area contributed by atoms with Crippen LogP contribution in [0.4, 0.5) is 15.8 Å². The monoisotopic (exact) mass is 290 g/mol. The van der Waals surface area contributed by atoms with Crippen molar-refractivity contribution in [2.24, 2.45) is 0 Å². The Hall–Kier alpha value is -1.74. The van der Waals surface area contributed by atoms with Gasteiger partial charge in [-0.1, -0.05) is 29.8 Å². The van der Waals surface area contributed by atoms with Crippen molar-refractivity contribution < 1.29 is 4.39 Å². The van der Waals surface area contributed by atoms with E-state index in [2.05, 4.69) is 28.8 Å². The Balaban J connectivity index is 1.78. The van der Waals surface area contributed by atoms with Crippen LogP contribution in [0.25, 0.3) is 0 Å². The van der Waals surface area contributed by atoms with Gasteiger partial charge in [-0.25, -0.2) is 4.39 Å². The normalized spacial score (nSPS) is 13.5. The third-order valence-corrected chi connectivity index (χ3v) is 3.73. The fourth-order valence-electron chi connectivity index (χ4n) is 2.58. The molecule has 2 aromatic rings. The van der Waals surface area contributed by atoms with Crippen molar-refractivity contribution in [2.45, 2.75) is 19.4 Å². The molecule has 3 rings (SSSR count). The molecule has 0 saturated heterocycles. The molecule has 104 valence electrons. The molecule has 0 atom stereocenters. The van der Waals surface area contributed by atoms with E-state index in [0.29, 0.717) is 17.3 Å². The van der Waals surface area contributed by atoms with Gasteiger partial charge in [-0.15, -0.1) is 0 Å². The molecule has 0 aromatic heterocycles. The van der Waals surface area contributed by atoms with Gasteiger partial charge in [-0.05, 0) is 42.2 Å². The van der Waals surface area contributed by atoms with E-state index in [0.717, 1.165) is 13.0 Å². The van der Waals surface area contributed by atoms with Crippen LogP contribution in [0.3, 0.4) is 0 Å². The smallest absolute Gasteiger partial charge is 0.126 e. The zero-order chi connectivity index (χ0) is 13.9. The molecule has 2 N–H and O–H groups in total. The molecule has 20 heavy (non-hydrogen) atoms. The van der Waals surface area contributed by atoms with E-state index in [1.807, 2.05) is 0 Å². The zero-order valence-electron chi connectivity index (χ0n) is 11.0. The Morgan fingerprint density at radius 1 is 1.25 bits per heavy atom. The topological polar surface area (TPSA) is 24.1 Å². The standard InChI is InChI=1S/C16H16ClFN2/c17-13-7-14(18)9-15(8-13)20-10-12-4-1-3-11-5-2-6-19-16(11)12/h1,3-4,7-9,19-20H,2,5-6,10H2. The largest absolute Gasteiger partial charge is 0.385 e. The van der Waals surface area contributed by atoms with Gasteiger partial charge in [0.25, 0.3) is 0 Å². The SMILES string of the molecule is Fc1cc(Cl)cc(NCc2cccc3c2NCCC3)c1. The van der Waals surface area contributed by atoms with Crippen molar-refractivity contribution in [3.05, 3.63) is 58.4 Å². The van der Waals surface area contributed by atoms with E-state index >= 15 is 0 Å². The minimum atomic E-state index is -0.326. The van der Waals surface area contributed by atoms with Crippen LogP contribution in [0.5, 0.6) is 0 Å². The molecule has 2 nitrogen and oxygen atoms in total. The Morgan fingerprint density at radius 2 is 2.15 bits per heavy atom. The highest BCUT2D eigenvalue weighted by atomic mass is 35.5. The zero-order valence-corrected chi connectivity index (χ0v) is 11.8. The minimum Gasteiger partial charge on any atom is -0.385 e. The summed E-state index contributed by atoms with van der Waals surface area (Å²) in [6, 6.07) is 10.8. The lowest BCUT2D eigenvalue weighted by Crippen LogP contribution is -2.15. The van der Waals surface area contributed by atoms with Crippen LogP contribution in [0.1, 0.15) is 17.5 Å². The van der Waals surface area contributed by atoms with Gasteiger partial charge >= 0.3 is 0 Å². The minimum absolute atomic E-state index is 0.326. The maximum atomic E-state index is 13.3. The van der Waals surface area contributed by atoms with Crippen LogP contribution < -0.4 is 10.6 Å². The maximum absolute atomic E-state index is 13.3. The summed E-state index contributed by atoms with van der Waals surface area (Å²) in [6.07, 6.45) is 2.28. The summed E-state index contributed by atoms with van der Waals surface area (Å²) in [4.78, 5) is 0. The predicted molar refractivity (Wildman–Crippen MR) is 82.0 cm³/mol. The molecular weight excluding hydrogens is 275 g/mol. The van der Waals surface area contributed by atoms with E-state index in [1.54, 1.807) is 6.07 Å². The first-order valence-electron chi connectivity index (χ1n) is 6.77. The number of hydrogen-bond donors (Lipinski definition) is 2. The molecule has 0 radical (unpaired) electrons. The molecule has 0 amide bonds. The summed E-state index contributed by atoms with van der Waals surface area (Å²) in [5.41, 5.74) is 4.47. The van der Waals surface area contributed by atoms with E-state index < -0.39 is 0 Å². The van der Waals surface area contributed by atoms with Crippen LogP contribution in [-0.4, -0.2) is 6.54 Å². The van der Waals surface area contributed by atoms with Gasteiger partial charge in [0.15, 0.2) is 0 Å². The summed E-state index contributed by atoms with van der Waals surface area (Å²) >= 11 is 5.85. The summed E-state index contributed by atoms with van der Waals surface area (Å²) in [5.74, 6) is -0.326. The van der Waals surface area contributed by atoms with Gasteiger partial charge in [0, 0.05) is 29.5 Å². The lowest BCUT2D eigenvalue weighted by atomic mass is 9.99. The van der Waals surface area contributed by atoms with Crippen LogP contribution in [-0.2, 0) is 13.0 Å². The molecule has 0 fully saturated rings. The average Bonchev–Trinajstić information content (AvgIpc) is 2.44. The lowest BCUT2D eigenvalue weighted by Gasteiger charge is -2.21. The van der Waals surface area contributed by atoms with E-state index in [1.165, 1.54) is 35.4 Å². The predicted octanol–water partition coefficient (Wildman–Crippen LogP) is 4.45. The fraction of sp³-hybridized carbons (Fsp3) is 0.250. The van der Waals surface area contributed by atoms with Gasteiger partial charge in [0.05, 0.1) is 0 Å². The summed E-state index contributed by atoms with van der Waals surface area (Å²) in [7, 11) is 0. The third kappa shape index (κ3) is 2.88. The molecule has 1 heterocycles. The van der Waals surface area contributed by atoms with Crippen molar-refractivity contribution in [3.8, 4) is 0 Å². The Kier molecular flexibility index (Phi) is 3.79. The molecule has 1 aliphatic heterocycles. The summed E-state index contributed by atoms with van der Waals surface area (Å²) in [5, 5.41) is 7.08. The molecule has 0 unspecified atom stereocenters. The Labute approximate surface area is 123 Å². The van der Waals surface area contributed by atoms with Gasteiger partial charge in [-0.3, -0.25) is 0 Å². The number of halogens is 2.